The number of benzene rings is 2. The van der Waals surface area contributed by atoms with Crippen LogP contribution in [0.1, 0.15) is 5.56 Å². The van der Waals surface area contributed by atoms with E-state index in [1.54, 1.807) is 18.2 Å². The summed E-state index contributed by atoms with van der Waals surface area (Å²) in [6.07, 6.45) is 0.792. The quantitative estimate of drug-likeness (QED) is 0.533. The first kappa shape index (κ1) is 15.3. The zero-order valence-electron chi connectivity index (χ0n) is 12.7. The predicted molar refractivity (Wildman–Crippen MR) is 89.6 cm³/mol. The van der Waals surface area contributed by atoms with Gasteiger partial charge in [-0.3, -0.25) is 10.1 Å². The molecule has 6 heteroatoms. The Morgan fingerprint density at radius 1 is 1.22 bits per heavy atom. The Hall–Kier alpha value is -2.60. The van der Waals surface area contributed by atoms with Crippen molar-refractivity contribution < 1.29 is 9.66 Å². The lowest BCUT2D eigenvalue weighted by atomic mass is 10.1. The third kappa shape index (κ3) is 3.43. The van der Waals surface area contributed by atoms with Crippen molar-refractivity contribution in [2.45, 2.75) is 12.5 Å². The van der Waals surface area contributed by atoms with Crippen LogP contribution >= 0.6 is 0 Å². The number of anilines is 2. The lowest BCUT2D eigenvalue weighted by Crippen LogP contribution is -2.43. The van der Waals surface area contributed by atoms with Gasteiger partial charge in [0.2, 0.25) is 0 Å². The normalized spacial score (nSPS) is 17.9. The molecule has 1 fully saturated rings. The van der Waals surface area contributed by atoms with Gasteiger partial charge in [0.15, 0.2) is 0 Å². The van der Waals surface area contributed by atoms with Gasteiger partial charge in [-0.25, -0.2) is 0 Å². The van der Waals surface area contributed by atoms with Crippen LogP contribution in [0.4, 0.5) is 17.1 Å². The van der Waals surface area contributed by atoms with Gasteiger partial charge in [-0.2, -0.15) is 0 Å². The zero-order chi connectivity index (χ0) is 16.2. The molecule has 0 aromatic heterocycles. The van der Waals surface area contributed by atoms with Crippen molar-refractivity contribution in [1.29, 1.82) is 0 Å². The van der Waals surface area contributed by atoms with Crippen LogP contribution in [0.5, 0.6) is 0 Å². The molecule has 120 valence electrons. The number of nitrogen functional groups attached to an aromatic ring is 1. The first-order valence-corrected chi connectivity index (χ1v) is 7.58. The van der Waals surface area contributed by atoms with Crippen molar-refractivity contribution in [3.05, 3.63) is 64.2 Å². The van der Waals surface area contributed by atoms with Crippen LogP contribution in [0.25, 0.3) is 0 Å². The Balaban J connectivity index is 1.79. The van der Waals surface area contributed by atoms with Crippen molar-refractivity contribution in [2.24, 2.45) is 0 Å². The van der Waals surface area contributed by atoms with E-state index >= 15 is 0 Å². The highest BCUT2D eigenvalue weighted by Crippen LogP contribution is 2.34. The van der Waals surface area contributed by atoms with E-state index in [4.69, 9.17) is 10.5 Å². The predicted octanol–water partition coefficient (Wildman–Crippen LogP) is 2.62. The molecule has 1 heterocycles. The molecule has 2 aromatic rings. The molecule has 1 aliphatic heterocycles. The molecule has 0 amide bonds. The first-order chi connectivity index (χ1) is 11.1. The second kappa shape index (κ2) is 6.66. The van der Waals surface area contributed by atoms with Crippen molar-refractivity contribution >= 4 is 17.1 Å². The van der Waals surface area contributed by atoms with Crippen molar-refractivity contribution in [3.63, 3.8) is 0 Å². The summed E-state index contributed by atoms with van der Waals surface area (Å²) >= 11 is 0. The number of morpholine rings is 1. The smallest absolute Gasteiger partial charge is 0.315 e. The van der Waals surface area contributed by atoms with E-state index < -0.39 is 4.92 Å². The zero-order valence-corrected chi connectivity index (χ0v) is 12.7. The Morgan fingerprint density at radius 2 is 2.00 bits per heavy atom. The summed E-state index contributed by atoms with van der Waals surface area (Å²) in [5.74, 6) is 0. The minimum absolute atomic E-state index is 0.00665. The van der Waals surface area contributed by atoms with Gasteiger partial charge in [0.1, 0.15) is 11.4 Å². The van der Waals surface area contributed by atoms with E-state index in [-0.39, 0.29) is 17.5 Å². The summed E-state index contributed by atoms with van der Waals surface area (Å²) in [6.45, 7) is 1.78. The Labute approximate surface area is 134 Å². The van der Waals surface area contributed by atoms with E-state index in [0.29, 0.717) is 25.4 Å². The van der Waals surface area contributed by atoms with Crippen molar-refractivity contribution in [3.8, 4) is 0 Å². The molecular weight excluding hydrogens is 294 g/mol. The molecule has 0 radical (unpaired) electrons. The fraction of sp³-hybridized carbons (Fsp3) is 0.294. The number of hydrogen-bond donors (Lipinski definition) is 1. The molecule has 1 aliphatic rings. The molecule has 0 bridgehead atoms. The third-order valence-corrected chi connectivity index (χ3v) is 4.01. The topological polar surface area (TPSA) is 81.6 Å². The van der Waals surface area contributed by atoms with Crippen molar-refractivity contribution in [2.75, 3.05) is 30.3 Å². The lowest BCUT2D eigenvalue weighted by molar-refractivity contribution is -0.383. The maximum Gasteiger partial charge on any atom is 0.315 e. The van der Waals surface area contributed by atoms with Crippen LogP contribution < -0.4 is 10.6 Å². The molecule has 23 heavy (non-hydrogen) atoms. The fourth-order valence-corrected chi connectivity index (χ4v) is 2.94. The average molecular weight is 313 g/mol. The molecule has 2 aromatic carbocycles. The molecule has 1 atom stereocenters. The van der Waals surface area contributed by atoms with Crippen LogP contribution in [0.3, 0.4) is 0 Å². The van der Waals surface area contributed by atoms with Gasteiger partial charge < -0.3 is 15.4 Å². The summed E-state index contributed by atoms with van der Waals surface area (Å²) < 4.78 is 5.82. The third-order valence-electron chi connectivity index (χ3n) is 4.01. The highest BCUT2D eigenvalue weighted by atomic mass is 16.6. The van der Waals surface area contributed by atoms with Gasteiger partial charge in [0, 0.05) is 19.5 Å². The number of nitrogens with two attached hydrogens (primary N) is 1. The molecule has 2 N–H and O–H groups in total. The fourth-order valence-electron chi connectivity index (χ4n) is 2.94. The van der Waals surface area contributed by atoms with Gasteiger partial charge >= 0.3 is 5.69 Å². The minimum Gasteiger partial charge on any atom is -0.393 e. The van der Waals surface area contributed by atoms with Gasteiger partial charge in [-0.15, -0.1) is 0 Å². The molecular formula is C17H19N3O3. The van der Waals surface area contributed by atoms with Gasteiger partial charge in [0.25, 0.3) is 0 Å². The molecule has 1 unspecified atom stereocenters. The molecule has 0 saturated carbocycles. The van der Waals surface area contributed by atoms with Crippen LogP contribution in [0.15, 0.2) is 48.5 Å². The summed E-state index contributed by atoms with van der Waals surface area (Å²) in [5, 5.41) is 11.3. The van der Waals surface area contributed by atoms with E-state index in [0.717, 1.165) is 6.42 Å². The second-order valence-corrected chi connectivity index (χ2v) is 5.60. The number of nitro benzene ring substituents is 1. The number of para-hydroxylation sites is 1. The van der Waals surface area contributed by atoms with Crippen LogP contribution in [0, 0.1) is 10.1 Å². The summed E-state index contributed by atoms with van der Waals surface area (Å²) in [5.41, 5.74) is 7.72. The highest BCUT2D eigenvalue weighted by molar-refractivity contribution is 5.75. The monoisotopic (exact) mass is 313 g/mol. The Kier molecular flexibility index (Phi) is 4.43. The first-order valence-electron chi connectivity index (χ1n) is 7.58. The van der Waals surface area contributed by atoms with Crippen molar-refractivity contribution in [1.82, 2.24) is 0 Å². The molecule has 0 aliphatic carbocycles. The maximum absolute atomic E-state index is 11.3. The summed E-state index contributed by atoms with van der Waals surface area (Å²) in [4.78, 5) is 12.9. The average Bonchev–Trinajstić information content (AvgIpc) is 2.55. The second-order valence-electron chi connectivity index (χ2n) is 5.60. The van der Waals surface area contributed by atoms with Crippen LogP contribution in [-0.4, -0.2) is 30.7 Å². The number of nitrogens with zero attached hydrogens (tertiary/aromatic N) is 2. The lowest BCUT2D eigenvalue weighted by Gasteiger charge is -2.34. The molecule has 1 saturated heterocycles. The summed E-state index contributed by atoms with van der Waals surface area (Å²) in [7, 11) is 0. The van der Waals surface area contributed by atoms with Gasteiger partial charge in [-0.05, 0) is 17.7 Å². The van der Waals surface area contributed by atoms with E-state index in [2.05, 4.69) is 12.1 Å². The number of hydrogen-bond acceptors (Lipinski definition) is 5. The maximum atomic E-state index is 11.3. The minimum atomic E-state index is -0.410. The standard InChI is InChI=1S/C17H19N3O3/c18-15-7-4-8-16(17(15)20(21)22)19-9-10-23-14(12-19)11-13-5-2-1-3-6-13/h1-8,14H,9-12,18H2. The number of nitro groups is 1. The highest BCUT2D eigenvalue weighted by Gasteiger charge is 2.27. The van der Waals surface area contributed by atoms with Crippen LogP contribution in [-0.2, 0) is 11.2 Å². The summed E-state index contributed by atoms with van der Waals surface area (Å²) in [6, 6.07) is 15.2. The molecule has 6 nitrogen and oxygen atoms in total. The number of ether oxygens (including phenoxy) is 1. The largest absolute Gasteiger partial charge is 0.393 e. The van der Waals surface area contributed by atoms with Gasteiger partial charge in [-0.1, -0.05) is 36.4 Å². The van der Waals surface area contributed by atoms with Gasteiger partial charge in [0.05, 0.1) is 17.6 Å². The molecule has 0 spiro atoms. The Morgan fingerprint density at radius 3 is 2.74 bits per heavy atom. The Bertz CT molecular complexity index is 691. The van der Waals surface area contributed by atoms with E-state index in [1.165, 1.54) is 5.56 Å². The number of rotatable bonds is 4. The molecule has 3 rings (SSSR count). The SMILES string of the molecule is Nc1cccc(N2CCOC(Cc3ccccc3)C2)c1[N+](=O)[O-]. The van der Waals surface area contributed by atoms with E-state index in [9.17, 15) is 10.1 Å². The van der Waals surface area contributed by atoms with E-state index in [1.807, 2.05) is 23.1 Å². The van der Waals surface area contributed by atoms with Crippen LogP contribution in [0.2, 0.25) is 0 Å².